The minimum Gasteiger partial charge on any atom is -0.284 e. The zero-order valence-electron chi connectivity index (χ0n) is 8.77. The van der Waals surface area contributed by atoms with E-state index < -0.39 is 0 Å². The lowest BCUT2D eigenvalue weighted by atomic mass is 10.2. The lowest BCUT2D eigenvalue weighted by Gasteiger charge is -2.19. The molecule has 3 nitrogen and oxygen atoms in total. The van der Waals surface area contributed by atoms with Crippen molar-refractivity contribution in [3.8, 4) is 0 Å². The van der Waals surface area contributed by atoms with Gasteiger partial charge in [0, 0.05) is 6.20 Å². The van der Waals surface area contributed by atoms with Crippen molar-refractivity contribution >= 4 is 29.0 Å². The van der Waals surface area contributed by atoms with Crippen molar-refractivity contribution < 1.29 is 0 Å². The highest BCUT2D eigenvalue weighted by atomic mass is 35.5. The Kier molecular flexibility index (Phi) is 2.77. The van der Waals surface area contributed by atoms with E-state index in [9.17, 15) is 0 Å². The van der Waals surface area contributed by atoms with Crippen LogP contribution in [0.25, 0.3) is 5.65 Å². The molecule has 1 saturated heterocycles. The van der Waals surface area contributed by atoms with E-state index in [4.69, 9.17) is 11.6 Å². The summed E-state index contributed by atoms with van der Waals surface area (Å²) < 4.78 is 2.02. The Balaban J connectivity index is 2.05. The fourth-order valence-corrected chi connectivity index (χ4v) is 3.51. The van der Waals surface area contributed by atoms with Crippen LogP contribution in [-0.4, -0.2) is 20.4 Å². The number of thioether (sulfide) groups is 1. The molecule has 1 aliphatic heterocycles. The molecule has 0 spiro atoms. The van der Waals surface area contributed by atoms with E-state index >= 15 is 0 Å². The second-order valence-electron chi connectivity index (χ2n) is 3.99. The quantitative estimate of drug-likeness (QED) is 0.781. The molecular weight excluding hydrogens is 242 g/mol. The van der Waals surface area contributed by atoms with E-state index in [1.807, 2.05) is 34.5 Å². The summed E-state index contributed by atoms with van der Waals surface area (Å²) in [7, 11) is 0. The van der Waals surface area contributed by atoms with Crippen molar-refractivity contribution in [2.24, 2.45) is 0 Å². The van der Waals surface area contributed by atoms with Gasteiger partial charge in [0.2, 0.25) is 0 Å². The van der Waals surface area contributed by atoms with E-state index in [1.165, 1.54) is 25.0 Å². The molecule has 1 atom stereocenters. The van der Waals surface area contributed by atoms with E-state index in [-0.39, 0.29) is 0 Å². The van der Waals surface area contributed by atoms with Gasteiger partial charge < -0.3 is 0 Å². The molecular formula is C11H12ClN3S. The van der Waals surface area contributed by atoms with E-state index in [1.54, 1.807) is 0 Å². The van der Waals surface area contributed by atoms with Crippen molar-refractivity contribution in [1.82, 2.24) is 14.6 Å². The van der Waals surface area contributed by atoms with Gasteiger partial charge in [-0.05, 0) is 30.7 Å². The molecule has 16 heavy (non-hydrogen) atoms. The second-order valence-corrected chi connectivity index (χ2v) is 5.74. The van der Waals surface area contributed by atoms with Gasteiger partial charge in [0.15, 0.2) is 11.5 Å². The number of halogens is 1. The maximum atomic E-state index is 6.00. The summed E-state index contributed by atoms with van der Waals surface area (Å²) in [5.41, 5.74) is 0.880. The Labute approximate surface area is 103 Å². The van der Waals surface area contributed by atoms with Gasteiger partial charge in [-0.2, -0.15) is 11.8 Å². The average Bonchev–Trinajstić information content (AvgIpc) is 2.73. The van der Waals surface area contributed by atoms with Gasteiger partial charge in [-0.15, -0.1) is 10.2 Å². The van der Waals surface area contributed by atoms with Gasteiger partial charge >= 0.3 is 0 Å². The first-order valence-electron chi connectivity index (χ1n) is 5.46. The van der Waals surface area contributed by atoms with Crippen molar-refractivity contribution in [3.05, 3.63) is 29.2 Å². The predicted octanol–water partition coefficient (Wildman–Crippen LogP) is 3.34. The Hall–Kier alpha value is -0.740. The highest BCUT2D eigenvalue weighted by Gasteiger charge is 2.21. The van der Waals surface area contributed by atoms with Crippen LogP contribution in [-0.2, 0) is 0 Å². The molecule has 3 heterocycles. The Morgan fingerprint density at radius 1 is 1.31 bits per heavy atom. The van der Waals surface area contributed by atoms with Crippen LogP contribution < -0.4 is 0 Å². The van der Waals surface area contributed by atoms with Crippen LogP contribution in [0.4, 0.5) is 0 Å². The molecule has 0 aliphatic carbocycles. The summed E-state index contributed by atoms with van der Waals surface area (Å²) in [6.45, 7) is 0. The molecule has 0 amide bonds. The minimum atomic E-state index is 0.474. The van der Waals surface area contributed by atoms with Crippen LogP contribution in [0, 0.1) is 0 Å². The Morgan fingerprint density at radius 3 is 3.06 bits per heavy atom. The number of hydrogen-bond donors (Lipinski definition) is 0. The summed E-state index contributed by atoms with van der Waals surface area (Å²) in [6.07, 6.45) is 5.70. The molecule has 1 unspecified atom stereocenters. The van der Waals surface area contributed by atoms with E-state index in [0.717, 1.165) is 16.5 Å². The number of hydrogen-bond acceptors (Lipinski definition) is 3. The molecule has 84 valence electrons. The summed E-state index contributed by atoms with van der Waals surface area (Å²) in [5.74, 6) is 2.27. The maximum Gasteiger partial charge on any atom is 0.160 e. The summed E-state index contributed by atoms with van der Waals surface area (Å²) in [5, 5.41) is 9.67. The number of fused-ring (bicyclic) bond motifs is 1. The van der Waals surface area contributed by atoms with Crippen LogP contribution in [0.1, 0.15) is 30.3 Å². The first-order chi connectivity index (χ1) is 7.84. The Bertz CT molecular complexity index is 505. The van der Waals surface area contributed by atoms with Crippen molar-refractivity contribution in [2.45, 2.75) is 24.5 Å². The zero-order chi connectivity index (χ0) is 11.0. The van der Waals surface area contributed by atoms with E-state index in [0.29, 0.717) is 5.25 Å². The molecule has 0 saturated carbocycles. The third-order valence-electron chi connectivity index (χ3n) is 2.86. The molecule has 3 rings (SSSR count). The maximum absolute atomic E-state index is 6.00. The first-order valence-corrected chi connectivity index (χ1v) is 6.89. The molecule has 2 aromatic heterocycles. The normalized spacial score (nSPS) is 21.4. The van der Waals surface area contributed by atoms with Gasteiger partial charge in [-0.1, -0.05) is 18.0 Å². The number of nitrogens with zero attached hydrogens (tertiary/aromatic N) is 3. The zero-order valence-corrected chi connectivity index (χ0v) is 10.3. The van der Waals surface area contributed by atoms with Crippen molar-refractivity contribution in [3.63, 3.8) is 0 Å². The van der Waals surface area contributed by atoms with E-state index in [2.05, 4.69) is 10.2 Å². The highest BCUT2D eigenvalue weighted by molar-refractivity contribution is 7.99. The summed E-state index contributed by atoms with van der Waals surface area (Å²) in [4.78, 5) is 0. The van der Waals surface area contributed by atoms with Crippen LogP contribution in [0.2, 0.25) is 5.02 Å². The monoisotopic (exact) mass is 253 g/mol. The van der Waals surface area contributed by atoms with Gasteiger partial charge in [0.1, 0.15) is 0 Å². The average molecular weight is 254 g/mol. The third kappa shape index (κ3) is 1.80. The number of pyridine rings is 1. The number of rotatable bonds is 1. The molecule has 1 fully saturated rings. The number of aromatic nitrogens is 3. The summed E-state index contributed by atoms with van der Waals surface area (Å²) >= 11 is 7.98. The standard InChI is InChI=1S/C11H12ClN3S/c12-8-4-5-10-13-14-11(15(10)7-8)9-3-1-2-6-16-9/h4-5,7,9H,1-3,6H2. The molecule has 0 N–H and O–H groups in total. The van der Waals surface area contributed by atoms with Crippen LogP contribution >= 0.6 is 23.4 Å². The Morgan fingerprint density at radius 2 is 2.25 bits per heavy atom. The summed E-state index contributed by atoms with van der Waals surface area (Å²) in [6, 6.07) is 3.76. The largest absolute Gasteiger partial charge is 0.284 e. The first kappa shape index (κ1) is 10.4. The van der Waals surface area contributed by atoms with Gasteiger partial charge in [0.25, 0.3) is 0 Å². The lowest BCUT2D eigenvalue weighted by Crippen LogP contribution is -2.06. The second kappa shape index (κ2) is 4.26. The lowest BCUT2D eigenvalue weighted by molar-refractivity contribution is 0.657. The fraction of sp³-hybridized carbons (Fsp3) is 0.455. The highest BCUT2D eigenvalue weighted by Crippen LogP contribution is 2.37. The SMILES string of the molecule is Clc1ccc2nnc(C3CCCCS3)n2c1. The fourth-order valence-electron chi connectivity index (χ4n) is 2.05. The van der Waals surface area contributed by atoms with Crippen LogP contribution in [0.3, 0.4) is 0 Å². The molecule has 0 radical (unpaired) electrons. The van der Waals surface area contributed by atoms with Gasteiger partial charge in [0.05, 0.1) is 10.3 Å². The molecule has 2 aromatic rings. The third-order valence-corrected chi connectivity index (χ3v) is 4.46. The van der Waals surface area contributed by atoms with Gasteiger partial charge in [-0.25, -0.2) is 0 Å². The predicted molar refractivity (Wildman–Crippen MR) is 67.0 cm³/mol. The molecule has 0 bridgehead atoms. The molecule has 5 heteroatoms. The smallest absolute Gasteiger partial charge is 0.160 e. The minimum absolute atomic E-state index is 0.474. The van der Waals surface area contributed by atoms with Gasteiger partial charge in [-0.3, -0.25) is 4.40 Å². The molecule has 0 aromatic carbocycles. The topological polar surface area (TPSA) is 30.2 Å². The van der Waals surface area contributed by atoms with Crippen molar-refractivity contribution in [1.29, 1.82) is 0 Å². The van der Waals surface area contributed by atoms with Crippen LogP contribution in [0.15, 0.2) is 18.3 Å². The molecule has 1 aliphatic rings. The van der Waals surface area contributed by atoms with Crippen LogP contribution in [0.5, 0.6) is 0 Å². The van der Waals surface area contributed by atoms with Crippen molar-refractivity contribution in [2.75, 3.05) is 5.75 Å².